The number of aliphatic carboxylic acids is 1. The summed E-state index contributed by atoms with van der Waals surface area (Å²) in [4.78, 5) is 13.6. The Hall–Kier alpha value is -1.35. The van der Waals surface area contributed by atoms with Gasteiger partial charge in [0.15, 0.2) is 0 Å². The highest BCUT2D eigenvalue weighted by Crippen LogP contribution is 2.20. The van der Waals surface area contributed by atoms with Gasteiger partial charge >= 0.3 is 5.97 Å². The fraction of sp³-hybridized carbons (Fsp3) is 0.533. The molecule has 0 amide bonds. The highest BCUT2D eigenvalue weighted by Gasteiger charge is 2.22. The van der Waals surface area contributed by atoms with Gasteiger partial charge in [-0.2, -0.15) is 0 Å². The molecule has 3 heteroatoms. The van der Waals surface area contributed by atoms with Crippen LogP contribution in [-0.4, -0.2) is 35.6 Å². The van der Waals surface area contributed by atoms with Crippen LogP contribution in [0.3, 0.4) is 0 Å². The average molecular weight is 249 g/mol. The summed E-state index contributed by atoms with van der Waals surface area (Å²) < 4.78 is 0. The fourth-order valence-electron chi connectivity index (χ4n) is 2.05. The van der Waals surface area contributed by atoms with E-state index in [0.717, 1.165) is 24.2 Å². The number of likely N-dealkylation sites (N-methyl/N-ethyl adjacent to an activating group) is 1. The molecule has 100 valence electrons. The van der Waals surface area contributed by atoms with Crippen molar-refractivity contribution >= 4 is 5.97 Å². The van der Waals surface area contributed by atoms with Gasteiger partial charge in [0, 0.05) is 6.54 Å². The average Bonchev–Trinajstić information content (AvgIpc) is 2.34. The van der Waals surface area contributed by atoms with Crippen LogP contribution in [0.4, 0.5) is 0 Å². The summed E-state index contributed by atoms with van der Waals surface area (Å²) in [6.45, 7) is 10.5. The Morgan fingerprint density at radius 3 is 2.28 bits per heavy atom. The standard InChI is InChI=1S/C15H23NO2/c1-5-16(6-2)10-14(15(17)18)13-8-7-11(3)12(4)9-13/h7-9,14H,5-6,10H2,1-4H3,(H,17,18). The molecule has 0 bridgehead atoms. The summed E-state index contributed by atoms with van der Waals surface area (Å²) in [5, 5.41) is 9.40. The van der Waals surface area contributed by atoms with E-state index in [9.17, 15) is 9.90 Å². The van der Waals surface area contributed by atoms with Crippen molar-refractivity contribution in [2.75, 3.05) is 19.6 Å². The molecular weight excluding hydrogens is 226 g/mol. The number of aryl methyl sites for hydroxylation is 2. The molecule has 0 saturated heterocycles. The number of benzene rings is 1. The van der Waals surface area contributed by atoms with E-state index in [1.165, 1.54) is 5.56 Å². The van der Waals surface area contributed by atoms with Crippen LogP contribution in [0, 0.1) is 13.8 Å². The molecule has 3 nitrogen and oxygen atoms in total. The highest BCUT2D eigenvalue weighted by atomic mass is 16.4. The lowest BCUT2D eigenvalue weighted by atomic mass is 9.95. The van der Waals surface area contributed by atoms with E-state index in [1.807, 2.05) is 32.0 Å². The maximum absolute atomic E-state index is 11.4. The molecule has 1 atom stereocenters. The van der Waals surface area contributed by atoms with Crippen molar-refractivity contribution in [3.63, 3.8) is 0 Å². The number of carboxylic acids is 1. The number of carbonyl (C=O) groups is 1. The molecular formula is C15H23NO2. The summed E-state index contributed by atoms with van der Waals surface area (Å²) >= 11 is 0. The first-order valence-electron chi connectivity index (χ1n) is 6.51. The largest absolute Gasteiger partial charge is 0.481 e. The molecule has 1 aromatic rings. The van der Waals surface area contributed by atoms with Crippen molar-refractivity contribution in [2.24, 2.45) is 0 Å². The SMILES string of the molecule is CCN(CC)CC(C(=O)O)c1ccc(C)c(C)c1. The summed E-state index contributed by atoms with van der Waals surface area (Å²) in [6.07, 6.45) is 0. The quantitative estimate of drug-likeness (QED) is 0.842. The molecule has 1 aromatic carbocycles. The van der Waals surface area contributed by atoms with Crippen molar-refractivity contribution in [3.8, 4) is 0 Å². The molecule has 1 N–H and O–H groups in total. The van der Waals surface area contributed by atoms with Gasteiger partial charge < -0.3 is 10.0 Å². The topological polar surface area (TPSA) is 40.5 Å². The fourth-order valence-corrected chi connectivity index (χ4v) is 2.05. The van der Waals surface area contributed by atoms with Gasteiger partial charge in [-0.3, -0.25) is 4.79 Å². The number of hydrogen-bond donors (Lipinski definition) is 1. The third-order valence-corrected chi connectivity index (χ3v) is 3.57. The Labute approximate surface area is 109 Å². The molecule has 1 unspecified atom stereocenters. The van der Waals surface area contributed by atoms with E-state index in [1.54, 1.807) is 0 Å². The Bertz CT molecular complexity index is 411. The van der Waals surface area contributed by atoms with E-state index >= 15 is 0 Å². The minimum absolute atomic E-state index is 0.441. The maximum Gasteiger partial charge on any atom is 0.312 e. The molecule has 0 heterocycles. The van der Waals surface area contributed by atoms with Gasteiger partial charge in [-0.05, 0) is 43.6 Å². The lowest BCUT2D eigenvalue weighted by Gasteiger charge is -2.23. The Morgan fingerprint density at radius 2 is 1.83 bits per heavy atom. The summed E-state index contributed by atoms with van der Waals surface area (Å²) in [5.41, 5.74) is 3.25. The van der Waals surface area contributed by atoms with Crippen molar-refractivity contribution in [3.05, 3.63) is 34.9 Å². The van der Waals surface area contributed by atoms with Crippen LogP contribution in [0.2, 0.25) is 0 Å². The first kappa shape index (κ1) is 14.7. The minimum atomic E-state index is -0.745. The second-order valence-electron chi connectivity index (χ2n) is 4.72. The molecule has 0 aliphatic heterocycles. The van der Waals surface area contributed by atoms with Gasteiger partial charge in [0.2, 0.25) is 0 Å². The van der Waals surface area contributed by atoms with Gasteiger partial charge in [-0.25, -0.2) is 0 Å². The highest BCUT2D eigenvalue weighted by molar-refractivity contribution is 5.76. The maximum atomic E-state index is 11.4. The van der Waals surface area contributed by atoms with Crippen LogP contribution >= 0.6 is 0 Å². The van der Waals surface area contributed by atoms with Crippen molar-refractivity contribution in [1.82, 2.24) is 4.90 Å². The summed E-state index contributed by atoms with van der Waals surface area (Å²) in [6, 6.07) is 5.94. The first-order valence-corrected chi connectivity index (χ1v) is 6.51. The zero-order valence-electron chi connectivity index (χ0n) is 11.7. The molecule has 0 radical (unpaired) electrons. The first-order chi connectivity index (χ1) is 8.49. The zero-order chi connectivity index (χ0) is 13.7. The third-order valence-electron chi connectivity index (χ3n) is 3.57. The van der Waals surface area contributed by atoms with Crippen molar-refractivity contribution in [2.45, 2.75) is 33.6 Å². The van der Waals surface area contributed by atoms with Crippen molar-refractivity contribution < 1.29 is 9.90 Å². The summed E-state index contributed by atoms with van der Waals surface area (Å²) in [5.74, 6) is -1.19. The predicted molar refractivity (Wildman–Crippen MR) is 74.1 cm³/mol. The molecule has 0 spiro atoms. The van der Waals surface area contributed by atoms with Crippen LogP contribution < -0.4 is 0 Å². The monoisotopic (exact) mass is 249 g/mol. The zero-order valence-corrected chi connectivity index (χ0v) is 11.7. The number of nitrogens with zero attached hydrogens (tertiary/aromatic N) is 1. The van der Waals surface area contributed by atoms with Crippen LogP contribution in [0.15, 0.2) is 18.2 Å². The summed E-state index contributed by atoms with van der Waals surface area (Å²) in [7, 11) is 0. The van der Waals surface area contributed by atoms with E-state index in [4.69, 9.17) is 0 Å². The molecule has 0 aliphatic rings. The van der Waals surface area contributed by atoms with Gasteiger partial charge in [0.25, 0.3) is 0 Å². The number of carboxylic acid groups (broad SMARTS) is 1. The Kier molecular flexibility index (Phi) is 5.35. The number of rotatable bonds is 6. The lowest BCUT2D eigenvalue weighted by molar-refractivity contribution is -0.139. The lowest BCUT2D eigenvalue weighted by Crippen LogP contribution is -2.31. The number of hydrogen-bond acceptors (Lipinski definition) is 2. The van der Waals surface area contributed by atoms with Crippen LogP contribution in [0.25, 0.3) is 0 Å². The van der Waals surface area contributed by atoms with E-state index < -0.39 is 11.9 Å². The minimum Gasteiger partial charge on any atom is -0.481 e. The van der Waals surface area contributed by atoms with Gasteiger partial charge in [-0.1, -0.05) is 32.0 Å². The Morgan fingerprint density at radius 1 is 1.22 bits per heavy atom. The smallest absolute Gasteiger partial charge is 0.312 e. The van der Waals surface area contributed by atoms with E-state index in [-0.39, 0.29) is 0 Å². The van der Waals surface area contributed by atoms with Crippen LogP contribution in [-0.2, 0) is 4.79 Å². The molecule has 18 heavy (non-hydrogen) atoms. The van der Waals surface area contributed by atoms with Gasteiger partial charge in [-0.15, -0.1) is 0 Å². The van der Waals surface area contributed by atoms with Crippen molar-refractivity contribution in [1.29, 1.82) is 0 Å². The van der Waals surface area contributed by atoms with Crippen LogP contribution in [0.5, 0.6) is 0 Å². The van der Waals surface area contributed by atoms with Gasteiger partial charge in [0.1, 0.15) is 0 Å². The third kappa shape index (κ3) is 3.57. The molecule has 0 aromatic heterocycles. The van der Waals surface area contributed by atoms with Crippen LogP contribution in [0.1, 0.15) is 36.5 Å². The van der Waals surface area contributed by atoms with E-state index in [2.05, 4.69) is 18.7 Å². The Balaban J connectivity index is 2.97. The second kappa shape index (κ2) is 6.55. The van der Waals surface area contributed by atoms with Gasteiger partial charge in [0.05, 0.1) is 5.92 Å². The predicted octanol–water partition coefficient (Wildman–Crippen LogP) is 2.81. The molecule has 0 saturated carbocycles. The molecule has 0 fully saturated rings. The normalized spacial score (nSPS) is 12.7. The molecule has 0 aliphatic carbocycles. The second-order valence-corrected chi connectivity index (χ2v) is 4.72. The molecule has 1 rings (SSSR count). The van der Waals surface area contributed by atoms with E-state index in [0.29, 0.717) is 6.54 Å².